The number of hydrogen-bond acceptors (Lipinski definition) is 7. The summed E-state index contributed by atoms with van der Waals surface area (Å²) in [5, 5.41) is 15.8. The maximum atomic E-state index is 14.3. The number of aliphatic hydroxyl groups is 1. The third kappa shape index (κ3) is 4.23. The van der Waals surface area contributed by atoms with Gasteiger partial charge in [-0.3, -0.25) is 4.57 Å². The van der Waals surface area contributed by atoms with E-state index in [1.165, 1.54) is 0 Å². The Kier molecular flexibility index (Phi) is 5.85. The van der Waals surface area contributed by atoms with Gasteiger partial charge in [-0.25, -0.2) is 23.1 Å². The summed E-state index contributed by atoms with van der Waals surface area (Å²) in [5.74, 6) is -0.570. The lowest BCUT2D eigenvalue weighted by Crippen LogP contribution is -2.29. The van der Waals surface area contributed by atoms with Crippen LogP contribution in [0.4, 0.5) is 30.8 Å². The van der Waals surface area contributed by atoms with Crippen LogP contribution in [0.25, 0.3) is 11.2 Å². The number of halogens is 3. The zero-order chi connectivity index (χ0) is 22.2. The molecule has 7 nitrogen and oxygen atoms in total. The highest BCUT2D eigenvalue weighted by atomic mass is 32.2. The van der Waals surface area contributed by atoms with Crippen molar-refractivity contribution < 1.29 is 18.3 Å². The Morgan fingerprint density at radius 1 is 1.03 bits per heavy atom. The van der Waals surface area contributed by atoms with E-state index in [0.717, 1.165) is 43.6 Å². The van der Waals surface area contributed by atoms with Gasteiger partial charge in [0.25, 0.3) is 0 Å². The molecule has 32 heavy (non-hydrogen) atoms. The first-order valence-electron chi connectivity index (χ1n) is 10.7. The minimum Gasteiger partial charge on any atom is -0.393 e. The van der Waals surface area contributed by atoms with Crippen LogP contribution in [0.5, 0.6) is 0 Å². The molecule has 2 aliphatic rings. The molecule has 0 amide bonds. The number of fused-ring (bicyclic) bond motifs is 1. The Bertz CT molecular complexity index is 1110. The molecule has 1 saturated heterocycles. The van der Waals surface area contributed by atoms with Crippen molar-refractivity contribution in [3.63, 3.8) is 0 Å². The number of thioether (sulfide) groups is 1. The maximum Gasteiger partial charge on any atom is 0.224 e. The molecule has 3 aromatic rings. The molecule has 1 aliphatic heterocycles. The monoisotopic (exact) mass is 464 g/mol. The van der Waals surface area contributed by atoms with Crippen molar-refractivity contribution in [2.24, 2.45) is 0 Å². The molecule has 0 bridgehead atoms. The van der Waals surface area contributed by atoms with Crippen molar-refractivity contribution in [3.05, 3.63) is 35.8 Å². The Hall–Kier alpha value is -2.53. The van der Waals surface area contributed by atoms with Crippen molar-refractivity contribution in [3.8, 4) is 0 Å². The molecule has 2 aromatic heterocycles. The van der Waals surface area contributed by atoms with E-state index in [4.69, 9.17) is 0 Å². The van der Waals surface area contributed by atoms with E-state index in [9.17, 15) is 18.3 Å². The van der Waals surface area contributed by atoms with Gasteiger partial charge in [-0.2, -0.15) is 16.7 Å². The fourth-order valence-electron chi connectivity index (χ4n) is 4.30. The second-order valence-corrected chi connectivity index (χ2v) is 9.39. The quantitative estimate of drug-likeness (QED) is 0.516. The summed E-state index contributed by atoms with van der Waals surface area (Å²) < 4.78 is 43.7. The molecular weight excluding hydrogens is 441 g/mol. The predicted molar refractivity (Wildman–Crippen MR) is 118 cm³/mol. The van der Waals surface area contributed by atoms with Crippen molar-refractivity contribution in [1.82, 2.24) is 19.5 Å². The molecule has 5 rings (SSSR count). The average molecular weight is 465 g/mol. The summed E-state index contributed by atoms with van der Waals surface area (Å²) in [6, 6.07) is 1.49. The topological polar surface area (TPSA) is 87.9 Å². The first kappa shape index (κ1) is 21.3. The highest BCUT2D eigenvalue weighted by molar-refractivity contribution is 7.99. The van der Waals surface area contributed by atoms with Crippen LogP contribution in [-0.4, -0.2) is 48.3 Å². The van der Waals surface area contributed by atoms with Gasteiger partial charge in [0, 0.05) is 30.0 Å². The van der Waals surface area contributed by atoms with Crippen LogP contribution < -0.4 is 10.6 Å². The summed E-state index contributed by atoms with van der Waals surface area (Å²) in [4.78, 5) is 13.5. The molecule has 1 aliphatic carbocycles. The number of aliphatic hydroxyl groups excluding tert-OH is 1. The Morgan fingerprint density at radius 2 is 1.78 bits per heavy atom. The number of imidazole rings is 1. The molecule has 1 unspecified atom stereocenters. The zero-order valence-corrected chi connectivity index (χ0v) is 18.0. The number of rotatable bonds is 5. The normalized spacial score (nSPS) is 23.6. The van der Waals surface area contributed by atoms with Crippen LogP contribution in [-0.2, 0) is 0 Å². The predicted octanol–water partition coefficient (Wildman–Crippen LogP) is 4.38. The second kappa shape index (κ2) is 8.78. The van der Waals surface area contributed by atoms with Gasteiger partial charge >= 0.3 is 0 Å². The third-order valence-corrected chi connectivity index (χ3v) is 7.12. The number of nitrogens with one attached hydrogen (secondary N) is 2. The first-order valence-corrected chi connectivity index (χ1v) is 11.8. The van der Waals surface area contributed by atoms with E-state index in [-0.39, 0.29) is 24.1 Å². The lowest BCUT2D eigenvalue weighted by molar-refractivity contribution is 0.126. The average Bonchev–Trinajstić information content (AvgIpc) is 3.39. The molecule has 1 atom stereocenters. The van der Waals surface area contributed by atoms with E-state index >= 15 is 0 Å². The smallest absolute Gasteiger partial charge is 0.224 e. The first-order chi connectivity index (χ1) is 15.5. The molecule has 11 heteroatoms. The summed E-state index contributed by atoms with van der Waals surface area (Å²) in [6.45, 7) is 0. The summed E-state index contributed by atoms with van der Waals surface area (Å²) in [6.07, 6.45) is 5.34. The Labute approximate surface area is 186 Å². The van der Waals surface area contributed by atoms with Gasteiger partial charge in [0.05, 0.1) is 12.3 Å². The number of nitrogens with zero attached hydrogens (tertiary/aromatic N) is 4. The zero-order valence-electron chi connectivity index (χ0n) is 17.2. The van der Waals surface area contributed by atoms with Crippen LogP contribution in [0.2, 0.25) is 0 Å². The molecule has 1 saturated carbocycles. The lowest BCUT2D eigenvalue weighted by atomic mass is 9.93. The number of aromatic nitrogens is 4. The van der Waals surface area contributed by atoms with Crippen molar-refractivity contribution in [1.29, 1.82) is 0 Å². The number of hydrogen-bond donors (Lipinski definition) is 3. The molecule has 0 radical (unpaired) electrons. The van der Waals surface area contributed by atoms with Crippen molar-refractivity contribution in [2.75, 3.05) is 22.1 Å². The second-order valence-electron chi connectivity index (χ2n) is 8.24. The van der Waals surface area contributed by atoms with E-state index < -0.39 is 23.1 Å². The fraction of sp³-hybridized carbons (Fsp3) is 0.476. The van der Waals surface area contributed by atoms with Crippen LogP contribution in [0, 0.1) is 17.5 Å². The standard InChI is InChI=1S/C21H23F3N6OS/c22-11-7-15(23)18(16(24)8-11)28-21-27-17-9-25-20(26-12-1-3-14(31)4-2-12)29-19(17)30(21)13-5-6-32-10-13/h7-9,12-14,31H,1-6,10H2,(H,27,28)(H,25,26,29). The largest absolute Gasteiger partial charge is 0.393 e. The van der Waals surface area contributed by atoms with Crippen LogP contribution in [0.15, 0.2) is 18.3 Å². The van der Waals surface area contributed by atoms with Gasteiger partial charge in [0.1, 0.15) is 17.0 Å². The molecule has 3 N–H and O–H groups in total. The van der Waals surface area contributed by atoms with Crippen LogP contribution in [0.3, 0.4) is 0 Å². The molecule has 2 fully saturated rings. The molecular formula is C21H23F3N6OS. The minimum absolute atomic E-state index is 0.0478. The Balaban J connectivity index is 1.51. The minimum atomic E-state index is -1.03. The van der Waals surface area contributed by atoms with Gasteiger partial charge in [-0.05, 0) is 37.9 Å². The summed E-state index contributed by atoms with van der Waals surface area (Å²) in [7, 11) is 0. The van der Waals surface area contributed by atoms with E-state index in [0.29, 0.717) is 29.2 Å². The third-order valence-electron chi connectivity index (χ3n) is 5.98. The summed E-state index contributed by atoms with van der Waals surface area (Å²) >= 11 is 1.79. The van der Waals surface area contributed by atoms with Gasteiger partial charge in [-0.15, -0.1) is 0 Å². The van der Waals surface area contributed by atoms with Gasteiger partial charge in [-0.1, -0.05) is 0 Å². The molecule has 170 valence electrons. The van der Waals surface area contributed by atoms with Crippen LogP contribution in [0.1, 0.15) is 38.1 Å². The SMILES string of the molecule is OC1CCC(Nc2ncc3nc(Nc4c(F)cc(F)cc4F)n(C4CCSC4)c3n2)CC1. The highest BCUT2D eigenvalue weighted by Crippen LogP contribution is 2.35. The number of benzene rings is 1. The van der Waals surface area contributed by atoms with E-state index in [2.05, 4.69) is 25.6 Å². The maximum absolute atomic E-state index is 14.3. The van der Waals surface area contributed by atoms with E-state index in [1.807, 2.05) is 4.57 Å². The lowest BCUT2D eigenvalue weighted by Gasteiger charge is -2.26. The Morgan fingerprint density at radius 3 is 2.47 bits per heavy atom. The van der Waals surface area contributed by atoms with Crippen LogP contribution >= 0.6 is 11.8 Å². The van der Waals surface area contributed by atoms with E-state index in [1.54, 1.807) is 18.0 Å². The fourth-order valence-corrected chi connectivity index (χ4v) is 5.49. The van der Waals surface area contributed by atoms with Crippen molar-refractivity contribution >= 4 is 40.5 Å². The van der Waals surface area contributed by atoms with Gasteiger partial charge in [0.2, 0.25) is 11.9 Å². The molecule has 0 spiro atoms. The van der Waals surface area contributed by atoms with Gasteiger partial charge < -0.3 is 15.7 Å². The highest BCUT2D eigenvalue weighted by Gasteiger charge is 2.26. The molecule has 3 heterocycles. The molecule has 1 aromatic carbocycles. The van der Waals surface area contributed by atoms with Crippen molar-refractivity contribution in [2.45, 2.75) is 50.3 Å². The van der Waals surface area contributed by atoms with Gasteiger partial charge in [0.15, 0.2) is 17.3 Å². The number of anilines is 3. The summed E-state index contributed by atoms with van der Waals surface area (Å²) in [5.41, 5.74) is 0.605.